The van der Waals surface area contributed by atoms with E-state index < -0.39 is 0 Å². The Morgan fingerprint density at radius 2 is 0.635 bits per heavy atom. The van der Waals surface area contributed by atoms with E-state index in [1.54, 1.807) is 0 Å². The molecule has 0 fully saturated rings. The summed E-state index contributed by atoms with van der Waals surface area (Å²) in [6.45, 7) is 0. The van der Waals surface area contributed by atoms with E-state index in [-0.39, 0.29) is 0 Å². The highest BCUT2D eigenvalue weighted by atomic mass is 15.1. The van der Waals surface area contributed by atoms with Crippen LogP contribution >= 0.6 is 0 Å². The SMILES string of the molecule is c1ccc(-c2c(-c3ccc(N(c4ccc(-c5ccc(-c6ccc7ccccc7c6)cc5)cc4)c4ccc5c6ccccc6c6ccccc6c5c4)cc3)ccc3ccccc23)cc1. The van der Waals surface area contributed by atoms with Gasteiger partial charge >= 0.3 is 0 Å². The first-order chi connectivity index (χ1) is 31.2. The Morgan fingerprint density at radius 3 is 1.27 bits per heavy atom. The molecular weight excluding hydrogens is 759 g/mol. The second kappa shape index (κ2) is 15.3. The van der Waals surface area contributed by atoms with Crippen LogP contribution in [0.25, 0.3) is 98.4 Å². The molecule has 0 amide bonds. The number of hydrogen-bond acceptors (Lipinski definition) is 1. The van der Waals surface area contributed by atoms with Gasteiger partial charge in [0.25, 0.3) is 0 Å². The van der Waals surface area contributed by atoms with Gasteiger partial charge in [-0.3, -0.25) is 0 Å². The molecule has 0 bridgehead atoms. The van der Waals surface area contributed by atoms with Gasteiger partial charge < -0.3 is 4.90 Å². The standard InChI is InChI=1S/C62H41N/c1-2-14-48(15-3-1)62-54-17-7-6-13-46(54)32-38-55(62)47-30-35-52(36-31-47)63(53-37-39-60-58-20-9-8-18-56(58)57-19-10-11-21-59(57)61(60)41-53)51-33-28-44(29-34-51)43-22-24-45(25-23-43)50-27-26-42-12-4-5-16-49(42)40-50/h1-41H. The summed E-state index contributed by atoms with van der Waals surface area (Å²) in [5.41, 5.74) is 13.0. The zero-order chi connectivity index (χ0) is 41.7. The summed E-state index contributed by atoms with van der Waals surface area (Å²) in [5.74, 6) is 0. The quantitative estimate of drug-likeness (QED) is 0.145. The molecule has 294 valence electrons. The fraction of sp³-hybridized carbons (Fsp3) is 0. The van der Waals surface area contributed by atoms with Gasteiger partial charge in [-0.15, -0.1) is 0 Å². The van der Waals surface area contributed by atoms with Crippen LogP contribution in [-0.2, 0) is 0 Å². The van der Waals surface area contributed by atoms with Crippen molar-refractivity contribution >= 4 is 70.9 Å². The smallest absolute Gasteiger partial charge is 0.0468 e. The Bertz CT molecular complexity index is 3610. The minimum atomic E-state index is 1.10. The van der Waals surface area contributed by atoms with Crippen molar-refractivity contribution in [1.82, 2.24) is 0 Å². The third-order valence-electron chi connectivity index (χ3n) is 12.8. The van der Waals surface area contributed by atoms with Crippen molar-refractivity contribution < 1.29 is 0 Å². The van der Waals surface area contributed by atoms with Gasteiger partial charge in [-0.25, -0.2) is 0 Å². The van der Waals surface area contributed by atoms with Gasteiger partial charge in [0.1, 0.15) is 0 Å². The Kier molecular flexibility index (Phi) is 8.90. The number of benzene rings is 12. The fourth-order valence-electron chi connectivity index (χ4n) is 9.73. The van der Waals surface area contributed by atoms with Gasteiger partial charge in [0.2, 0.25) is 0 Å². The summed E-state index contributed by atoms with van der Waals surface area (Å²) < 4.78 is 0. The van der Waals surface area contributed by atoms with E-state index in [4.69, 9.17) is 0 Å². The molecule has 0 heterocycles. The zero-order valence-corrected chi connectivity index (χ0v) is 34.6. The van der Waals surface area contributed by atoms with Crippen LogP contribution in [0.2, 0.25) is 0 Å². The van der Waals surface area contributed by atoms with E-state index in [1.807, 2.05) is 0 Å². The molecule has 0 N–H and O–H groups in total. The molecule has 0 aliphatic carbocycles. The maximum atomic E-state index is 2.40. The Hall–Kier alpha value is -8.26. The van der Waals surface area contributed by atoms with E-state index in [2.05, 4.69) is 254 Å². The minimum absolute atomic E-state index is 1.10. The average molecular weight is 800 g/mol. The second-order valence-electron chi connectivity index (χ2n) is 16.5. The van der Waals surface area contributed by atoms with Gasteiger partial charge in [-0.1, -0.05) is 206 Å². The summed E-state index contributed by atoms with van der Waals surface area (Å²) in [7, 11) is 0. The van der Waals surface area contributed by atoms with E-state index in [0.29, 0.717) is 0 Å². The highest BCUT2D eigenvalue weighted by molar-refractivity contribution is 6.25. The molecule has 0 unspecified atom stereocenters. The molecular formula is C62H41N. The van der Waals surface area contributed by atoms with E-state index >= 15 is 0 Å². The van der Waals surface area contributed by atoms with Gasteiger partial charge in [0, 0.05) is 17.1 Å². The monoisotopic (exact) mass is 799 g/mol. The Balaban J connectivity index is 0.965. The molecule has 1 nitrogen and oxygen atoms in total. The van der Waals surface area contributed by atoms with E-state index in [1.165, 1.54) is 98.4 Å². The van der Waals surface area contributed by atoms with E-state index in [9.17, 15) is 0 Å². The number of nitrogens with zero attached hydrogens (tertiary/aromatic N) is 1. The molecule has 0 aromatic heterocycles. The maximum Gasteiger partial charge on any atom is 0.0468 e. The Morgan fingerprint density at radius 1 is 0.206 bits per heavy atom. The van der Waals surface area contributed by atoms with Crippen LogP contribution in [0.15, 0.2) is 249 Å². The summed E-state index contributed by atoms with van der Waals surface area (Å²) in [5, 5.41) is 12.6. The predicted octanol–water partition coefficient (Wildman–Crippen LogP) is 17.6. The second-order valence-corrected chi connectivity index (χ2v) is 16.5. The van der Waals surface area contributed by atoms with Gasteiger partial charge in [0.15, 0.2) is 0 Å². The van der Waals surface area contributed by atoms with Crippen LogP contribution in [0, 0.1) is 0 Å². The average Bonchev–Trinajstić information content (AvgIpc) is 3.37. The maximum absolute atomic E-state index is 2.40. The van der Waals surface area contributed by atoms with Crippen molar-refractivity contribution in [3.05, 3.63) is 249 Å². The minimum Gasteiger partial charge on any atom is -0.310 e. The third kappa shape index (κ3) is 6.50. The molecule has 0 radical (unpaired) electrons. The van der Waals surface area contributed by atoms with Crippen molar-refractivity contribution in [3.63, 3.8) is 0 Å². The van der Waals surface area contributed by atoms with Crippen molar-refractivity contribution in [1.29, 1.82) is 0 Å². The summed E-state index contributed by atoms with van der Waals surface area (Å²) in [4.78, 5) is 2.40. The zero-order valence-electron chi connectivity index (χ0n) is 34.6. The van der Waals surface area contributed by atoms with Gasteiger partial charge in [-0.05, 0) is 141 Å². The van der Waals surface area contributed by atoms with Crippen LogP contribution in [0.3, 0.4) is 0 Å². The molecule has 12 aromatic rings. The number of anilines is 3. The Labute approximate surface area is 367 Å². The molecule has 0 saturated heterocycles. The van der Waals surface area contributed by atoms with Crippen LogP contribution in [0.1, 0.15) is 0 Å². The van der Waals surface area contributed by atoms with Crippen LogP contribution in [-0.4, -0.2) is 0 Å². The molecule has 0 atom stereocenters. The van der Waals surface area contributed by atoms with Gasteiger partial charge in [-0.2, -0.15) is 0 Å². The molecule has 1 heteroatoms. The van der Waals surface area contributed by atoms with Crippen molar-refractivity contribution in [3.8, 4) is 44.5 Å². The molecule has 63 heavy (non-hydrogen) atoms. The largest absolute Gasteiger partial charge is 0.310 e. The van der Waals surface area contributed by atoms with Crippen LogP contribution < -0.4 is 4.90 Å². The molecule has 0 aliphatic heterocycles. The fourth-order valence-corrected chi connectivity index (χ4v) is 9.73. The first-order valence-electron chi connectivity index (χ1n) is 21.7. The lowest BCUT2D eigenvalue weighted by atomic mass is 9.89. The van der Waals surface area contributed by atoms with Crippen molar-refractivity contribution in [2.45, 2.75) is 0 Å². The molecule has 12 rings (SSSR count). The molecule has 0 saturated carbocycles. The molecule has 12 aromatic carbocycles. The summed E-state index contributed by atoms with van der Waals surface area (Å²) in [6, 6.07) is 91.0. The lowest BCUT2D eigenvalue weighted by Crippen LogP contribution is -2.10. The number of hydrogen-bond donors (Lipinski definition) is 0. The van der Waals surface area contributed by atoms with E-state index in [0.717, 1.165) is 17.1 Å². The van der Waals surface area contributed by atoms with Crippen molar-refractivity contribution in [2.24, 2.45) is 0 Å². The summed E-state index contributed by atoms with van der Waals surface area (Å²) in [6.07, 6.45) is 0. The number of fused-ring (bicyclic) bond motifs is 8. The molecule has 0 aliphatic rings. The number of rotatable bonds is 7. The normalized spacial score (nSPS) is 11.5. The lowest BCUT2D eigenvalue weighted by Gasteiger charge is -2.27. The molecule has 0 spiro atoms. The highest BCUT2D eigenvalue weighted by Gasteiger charge is 2.18. The van der Waals surface area contributed by atoms with Gasteiger partial charge in [0.05, 0.1) is 0 Å². The predicted molar refractivity (Wildman–Crippen MR) is 270 cm³/mol. The lowest BCUT2D eigenvalue weighted by molar-refractivity contribution is 1.29. The first kappa shape index (κ1) is 36.6. The first-order valence-corrected chi connectivity index (χ1v) is 21.7. The summed E-state index contributed by atoms with van der Waals surface area (Å²) >= 11 is 0. The topological polar surface area (TPSA) is 3.24 Å². The van der Waals surface area contributed by atoms with Crippen LogP contribution in [0.5, 0.6) is 0 Å². The third-order valence-corrected chi connectivity index (χ3v) is 12.8. The van der Waals surface area contributed by atoms with Crippen LogP contribution in [0.4, 0.5) is 17.1 Å². The van der Waals surface area contributed by atoms with Crippen molar-refractivity contribution in [2.75, 3.05) is 4.90 Å². The highest BCUT2D eigenvalue weighted by Crippen LogP contribution is 2.43.